The molecule has 0 aromatic carbocycles. The van der Waals surface area contributed by atoms with Crippen molar-refractivity contribution < 1.29 is 4.48 Å². The highest BCUT2D eigenvalue weighted by atomic mass is 15.3. The fraction of sp³-hybridized carbons (Fsp3) is 0.846. The summed E-state index contributed by atoms with van der Waals surface area (Å²) in [5, 5.41) is 0. The zero-order valence-electron chi connectivity index (χ0n) is 10.6. The molecule has 0 aromatic rings. The molecule has 1 nitrogen and oxygen atoms in total. The summed E-state index contributed by atoms with van der Waals surface area (Å²) in [5.74, 6) is 0. The number of rotatable bonds is 8. The van der Waals surface area contributed by atoms with E-state index < -0.39 is 0 Å². The first-order chi connectivity index (χ1) is 6.52. The number of quaternary nitrogens is 1. The highest BCUT2D eigenvalue weighted by Gasteiger charge is 2.18. The molecule has 84 valence electrons. The monoisotopic (exact) mass is 198 g/mol. The van der Waals surface area contributed by atoms with Crippen molar-refractivity contribution in [3.05, 3.63) is 12.7 Å². The second-order valence-corrected chi connectivity index (χ2v) is 5.12. The molecule has 0 bridgehead atoms. The first-order valence-corrected chi connectivity index (χ1v) is 5.96. The second-order valence-electron chi connectivity index (χ2n) is 5.12. The molecule has 0 aliphatic rings. The first kappa shape index (κ1) is 13.7. The summed E-state index contributed by atoms with van der Waals surface area (Å²) < 4.78 is 1.01. The van der Waals surface area contributed by atoms with Crippen molar-refractivity contribution in [2.45, 2.75) is 51.5 Å². The van der Waals surface area contributed by atoms with Crippen LogP contribution in [0.1, 0.15) is 45.4 Å². The van der Waals surface area contributed by atoms with Gasteiger partial charge in [0, 0.05) is 6.42 Å². The number of nitrogens with zero attached hydrogens (tertiary/aromatic N) is 1. The maximum absolute atomic E-state index is 3.93. The Kier molecular flexibility index (Phi) is 6.90. The van der Waals surface area contributed by atoms with Crippen LogP contribution in [-0.4, -0.2) is 31.7 Å². The molecule has 14 heavy (non-hydrogen) atoms. The Morgan fingerprint density at radius 1 is 1.07 bits per heavy atom. The summed E-state index contributed by atoms with van der Waals surface area (Å²) in [7, 11) is 6.75. The van der Waals surface area contributed by atoms with Gasteiger partial charge in [0.15, 0.2) is 0 Å². The zero-order valence-corrected chi connectivity index (χ0v) is 10.6. The lowest BCUT2D eigenvalue weighted by Crippen LogP contribution is -2.43. The molecule has 0 aliphatic carbocycles. The van der Waals surface area contributed by atoms with Crippen LogP contribution in [0.5, 0.6) is 0 Å². The van der Waals surface area contributed by atoms with Crippen molar-refractivity contribution in [2.24, 2.45) is 0 Å². The zero-order chi connectivity index (χ0) is 11.0. The van der Waals surface area contributed by atoms with E-state index in [4.69, 9.17) is 0 Å². The van der Waals surface area contributed by atoms with Gasteiger partial charge in [0.2, 0.25) is 0 Å². The Labute approximate surface area is 90.4 Å². The van der Waals surface area contributed by atoms with Gasteiger partial charge in [-0.25, -0.2) is 0 Å². The highest BCUT2D eigenvalue weighted by molar-refractivity contribution is 4.79. The van der Waals surface area contributed by atoms with Gasteiger partial charge in [-0.1, -0.05) is 39.2 Å². The predicted octanol–water partition coefficient (Wildman–Crippen LogP) is 3.61. The van der Waals surface area contributed by atoms with Gasteiger partial charge >= 0.3 is 0 Å². The molecule has 1 unspecified atom stereocenters. The third-order valence-electron chi connectivity index (χ3n) is 2.87. The van der Waals surface area contributed by atoms with Gasteiger partial charge in [-0.05, 0) is 12.5 Å². The Morgan fingerprint density at radius 3 is 2.07 bits per heavy atom. The van der Waals surface area contributed by atoms with E-state index in [1.165, 1.54) is 38.5 Å². The van der Waals surface area contributed by atoms with E-state index >= 15 is 0 Å². The largest absolute Gasteiger partial charge is 0.325 e. The van der Waals surface area contributed by atoms with Crippen LogP contribution in [0.25, 0.3) is 0 Å². The number of hydrogen-bond donors (Lipinski definition) is 0. The fourth-order valence-electron chi connectivity index (χ4n) is 1.78. The topological polar surface area (TPSA) is 0 Å². The maximum atomic E-state index is 3.93. The van der Waals surface area contributed by atoms with Crippen LogP contribution < -0.4 is 0 Å². The van der Waals surface area contributed by atoms with Crippen molar-refractivity contribution in [3.63, 3.8) is 0 Å². The molecule has 0 fully saturated rings. The molecule has 0 N–H and O–H groups in total. The van der Waals surface area contributed by atoms with E-state index in [1.807, 2.05) is 0 Å². The Bertz CT molecular complexity index is 144. The van der Waals surface area contributed by atoms with Crippen molar-refractivity contribution >= 4 is 0 Å². The third-order valence-corrected chi connectivity index (χ3v) is 2.87. The molecule has 1 heteroatoms. The summed E-state index contributed by atoms with van der Waals surface area (Å²) in [5.41, 5.74) is 0. The standard InChI is InChI=1S/C13H28N/c1-6-8-9-10-11-12-13(7-2)14(3,4)5/h7,13H,2,6,8-12H2,1,3-5H3/q+1. The third kappa shape index (κ3) is 6.20. The molecule has 0 saturated heterocycles. The minimum Gasteiger partial charge on any atom is -0.325 e. The normalized spacial score (nSPS) is 14.0. The molecule has 1 atom stereocenters. The lowest BCUT2D eigenvalue weighted by Gasteiger charge is -2.32. The molecule has 0 aromatic heterocycles. The van der Waals surface area contributed by atoms with Crippen molar-refractivity contribution in [3.8, 4) is 0 Å². The Morgan fingerprint density at radius 2 is 1.64 bits per heavy atom. The van der Waals surface area contributed by atoms with E-state index in [2.05, 4.69) is 40.7 Å². The van der Waals surface area contributed by atoms with E-state index in [-0.39, 0.29) is 0 Å². The van der Waals surface area contributed by atoms with Gasteiger partial charge in [0.05, 0.1) is 21.1 Å². The summed E-state index contributed by atoms with van der Waals surface area (Å²) in [4.78, 5) is 0. The lowest BCUT2D eigenvalue weighted by molar-refractivity contribution is -0.889. The van der Waals surface area contributed by atoms with Gasteiger partial charge in [-0.15, -0.1) is 0 Å². The summed E-state index contributed by atoms with van der Waals surface area (Å²) in [6, 6.07) is 0.622. The van der Waals surface area contributed by atoms with Gasteiger partial charge in [-0.2, -0.15) is 0 Å². The van der Waals surface area contributed by atoms with E-state index in [0.29, 0.717) is 6.04 Å². The molecule has 0 heterocycles. The molecule has 0 aliphatic heterocycles. The minimum atomic E-state index is 0.622. The van der Waals surface area contributed by atoms with Crippen molar-refractivity contribution in [1.82, 2.24) is 0 Å². The van der Waals surface area contributed by atoms with Crippen LogP contribution in [0.3, 0.4) is 0 Å². The molecular formula is C13H28N+. The molecule has 0 rings (SSSR count). The molecule has 0 saturated carbocycles. The lowest BCUT2D eigenvalue weighted by atomic mass is 10.0. The quantitative estimate of drug-likeness (QED) is 0.317. The van der Waals surface area contributed by atoms with Crippen molar-refractivity contribution in [2.75, 3.05) is 21.1 Å². The maximum Gasteiger partial charge on any atom is 0.107 e. The Hall–Kier alpha value is -0.300. The Balaban J connectivity index is 3.59. The van der Waals surface area contributed by atoms with Crippen LogP contribution in [0.4, 0.5) is 0 Å². The molecule has 0 spiro atoms. The van der Waals surface area contributed by atoms with Gasteiger partial charge in [0.25, 0.3) is 0 Å². The molecule has 0 amide bonds. The number of likely N-dealkylation sites (N-methyl/N-ethyl adjacent to an activating group) is 1. The smallest absolute Gasteiger partial charge is 0.107 e. The fourth-order valence-corrected chi connectivity index (χ4v) is 1.78. The van der Waals surface area contributed by atoms with Crippen LogP contribution in [0.2, 0.25) is 0 Å². The van der Waals surface area contributed by atoms with Crippen molar-refractivity contribution in [1.29, 1.82) is 0 Å². The van der Waals surface area contributed by atoms with Gasteiger partial charge in [0.1, 0.15) is 6.04 Å². The van der Waals surface area contributed by atoms with Crippen LogP contribution in [-0.2, 0) is 0 Å². The average Bonchev–Trinajstić information content (AvgIpc) is 2.09. The second kappa shape index (κ2) is 7.05. The highest BCUT2D eigenvalue weighted by Crippen LogP contribution is 2.14. The van der Waals surface area contributed by atoms with Crippen LogP contribution in [0.15, 0.2) is 12.7 Å². The van der Waals surface area contributed by atoms with E-state index in [0.717, 1.165) is 4.48 Å². The summed E-state index contributed by atoms with van der Waals surface area (Å²) >= 11 is 0. The number of unbranched alkanes of at least 4 members (excludes halogenated alkanes) is 4. The molecular weight excluding hydrogens is 170 g/mol. The van der Waals surface area contributed by atoms with E-state index in [1.54, 1.807) is 0 Å². The molecule has 0 radical (unpaired) electrons. The summed E-state index contributed by atoms with van der Waals surface area (Å²) in [6.45, 7) is 6.19. The van der Waals surface area contributed by atoms with Gasteiger partial charge in [-0.3, -0.25) is 0 Å². The number of hydrogen-bond acceptors (Lipinski definition) is 0. The average molecular weight is 198 g/mol. The van der Waals surface area contributed by atoms with Gasteiger partial charge < -0.3 is 4.48 Å². The predicted molar refractivity (Wildman–Crippen MR) is 65.4 cm³/mol. The summed E-state index contributed by atoms with van der Waals surface area (Å²) in [6.07, 6.45) is 10.3. The van der Waals surface area contributed by atoms with Crippen LogP contribution in [0, 0.1) is 0 Å². The SMILES string of the molecule is C=CC(CCCCCCC)[N+](C)(C)C. The van der Waals surface area contributed by atoms with E-state index in [9.17, 15) is 0 Å². The van der Waals surface area contributed by atoms with Crippen LogP contribution >= 0.6 is 0 Å². The first-order valence-electron chi connectivity index (χ1n) is 5.96. The minimum absolute atomic E-state index is 0.622.